The van der Waals surface area contributed by atoms with Gasteiger partial charge in [0.1, 0.15) is 0 Å². The summed E-state index contributed by atoms with van der Waals surface area (Å²) in [5.74, 6) is 0.623. The Morgan fingerprint density at radius 2 is 2.00 bits per heavy atom. The molecule has 1 saturated heterocycles. The van der Waals surface area contributed by atoms with Crippen LogP contribution in [-0.4, -0.2) is 56.5 Å². The van der Waals surface area contributed by atoms with Gasteiger partial charge in [0.2, 0.25) is 0 Å². The van der Waals surface area contributed by atoms with Gasteiger partial charge in [0.05, 0.1) is 5.75 Å². The van der Waals surface area contributed by atoms with Crippen LogP contribution in [0.5, 0.6) is 0 Å². The first-order valence-corrected chi connectivity index (χ1v) is 8.42. The number of hydrogen-bond acceptors (Lipinski definition) is 4. The van der Waals surface area contributed by atoms with Crippen molar-refractivity contribution in [3.8, 4) is 0 Å². The SMILES string of the molecule is CCCS(=O)(=O)CCN1CCNCC1(C)CC. The minimum Gasteiger partial charge on any atom is -0.314 e. The van der Waals surface area contributed by atoms with Gasteiger partial charge in [-0.2, -0.15) is 0 Å². The molecule has 0 aromatic rings. The zero-order chi connectivity index (χ0) is 12.9. The molecular formula is C12H26N2O2S. The Bertz CT molecular complexity index is 329. The Kier molecular flexibility index (Phi) is 5.41. The Hall–Kier alpha value is -0.130. The monoisotopic (exact) mass is 262 g/mol. The molecule has 102 valence electrons. The second-order valence-electron chi connectivity index (χ2n) is 5.17. The maximum Gasteiger partial charge on any atom is 0.151 e. The van der Waals surface area contributed by atoms with Crippen molar-refractivity contribution < 1.29 is 8.42 Å². The van der Waals surface area contributed by atoms with Crippen LogP contribution in [-0.2, 0) is 9.84 Å². The molecule has 0 aliphatic carbocycles. The summed E-state index contributed by atoms with van der Waals surface area (Å²) in [6, 6.07) is 0. The van der Waals surface area contributed by atoms with Gasteiger partial charge in [-0.3, -0.25) is 4.90 Å². The van der Waals surface area contributed by atoms with E-state index in [9.17, 15) is 8.42 Å². The van der Waals surface area contributed by atoms with Crippen molar-refractivity contribution in [3.63, 3.8) is 0 Å². The predicted octanol–water partition coefficient (Wildman–Crippen LogP) is 0.885. The highest BCUT2D eigenvalue weighted by molar-refractivity contribution is 7.91. The fourth-order valence-electron chi connectivity index (χ4n) is 2.35. The molecule has 5 heteroatoms. The van der Waals surface area contributed by atoms with Gasteiger partial charge < -0.3 is 5.32 Å². The van der Waals surface area contributed by atoms with E-state index in [4.69, 9.17) is 0 Å². The topological polar surface area (TPSA) is 49.4 Å². The number of nitrogens with zero attached hydrogens (tertiary/aromatic N) is 1. The average Bonchev–Trinajstić information content (AvgIpc) is 2.28. The first-order valence-electron chi connectivity index (χ1n) is 6.60. The smallest absolute Gasteiger partial charge is 0.151 e. The summed E-state index contributed by atoms with van der Waals surface area (Å²) in [5, 5.41) is 3.39. The van der Waals surface area contributed by atoms with Crippen LogP contribution in [0.15, 0.2) is 0 Å². The van der Waals surface area contributed by atoms with Crippen LogP contribution in [0.4, 0.5) is 0 Å². The molecule has 17 heavy (non-hydrogen) atoms. The van der Waals surface area contributed by atoms with Gasteiger partial charge in [-0.05, 0) is 19.8 Å². The minimum absolute atomic E-state index is 0.111. The molecule has 0 bridgehead atoms. The van der Waals surface area contributed by atoms with Crippen molar-refractivity contribution in [1.29, 1.82) is 0 Å². The van der Waals surface area contributed by atoms with Crippen LogP contribution < -0.4 is 5.32 Å². The molecule has 0 amide bonds. The van der Waals surface area contributed by atoms with Crippen LogP contribution in [0.3, 0.4) is 0 Å². The molecule has 0 radical (unpaired) electrons. The summed E-state index contributed by atoms with van der Waals surface area (Å²) < 4.78 is 23.5. The molecule has 1 aliphatic rings. The third kappa shape index (κ3) is 4.23. The summed E-state index contributed by atoms with van der Waals surface area (Å²) in [6.07, 6.45) is 1.77. The fourth-order valence-corrected chi connectivity index (χ4v) is 3.67. The number of sulfone groups is 1. The van der Waals surface area contributed by atoms with Crippen molar-refractivity contribution in [2.45, 2.75) is 39.2 Å². The van der Waals surface area contributed by atoms with Crippen LogP contribution in [0.1, 0.15) is 33.6 Å². The van der Waals surface area contributed by atoms with Crippen molar-refractivity contribution in [2.24, 2.45) is 0 Å². The van der Waals surface area contributed by atoms with E-state index in [-0.39, 0.29) is 5.54 Å². The highest BCUT2D eigenvalue weighted by atomic mass is 32.2. The molecule has 1 N–H and O–H groups in total. The van der Waals surface area contributed by atoms with Crippen molar-refractivity contribution in [3.05, 3.63) is 0 Å². The predicted molar refractivity (Wildman–Crippen MR) is 72.1 cm³/mol. The van der Waals surface area contributed by atoms with Crippen molar-refractivity contribution in [1.82, 2.24) is 10.2 Å². The summed E-state index contributed by atoms with van der Waals surface area (Å²) in [6.45, 7) is 9.84. The lowest BCUT2D eigenvalue weighted by atomic mass is 9.94. The quantitative estimate of drug-likeness (QED) is 0.772. The van der Waals surface area contributed by atoms with Gasteiger partial charge in [-0.25, -0.2) is 8.42 Å². The van der Waals surface area contributed by atoms with Gasteiger partial charge in [0.15, 0.2) is 9.84 Å². The molecule has 0 aromatic heterocycles. The molecule has 1 fully saturated rings. The first kappa shape index (κ1) is 14.9. The van der Waals surface area contributed by atoms with Gasteiger partial charge in [-0.1, -0.05) is 13.8 Å². The molecule has 0 aromatic carbocycles. The third-order valence-corrected chi connectivity index (χ3v) is 5.61. The van der Waals surface area contributed by atoms with Gasteiger partial charge >= 0.3 is 0 Å². The van der Waals surface area contributed by atoms with E-state index in [2.05, 4.69) is 24.1 Å². The van der Waals surface area contributed by atoms with Gasteiger partial charge in [-0.15, -0.1) is 0 Å². The third-order valence-electron chi connectivity index (χ3n) is 3.78. The number of nitrogens with one attached hydrogen (secondary N) is 1. The standard InChI is InChI=1S/C12H26N2O2S/c1-4-9-17(15,16)10-8-14-7-6-13-11-12(14,3)5-2/h13H,4-11H2,1-3H3. The van der Waals surface area contributed by atoms with E-state index in [0.29, 0.717) is 18.1 Å². The van der Waals surface area contributed by atoms with Crippen molar-refractivity contribution >= 4 is 9.84 Å². The fraction of sp³-hybridized carbons (Fsp3) is 1.00. The molecule has 1 rings (SSSR count). The zero-order valence-electron chi connectivity index (χ0n) is 11.3. The Morgan fingerprint density at radius 1 is 1.29 bits per heavy atom. The lowest BCUT2D eigenvalue weighted by Crippen LogP contribution is -2.60. The van der Waals surface area contributed by atoms with E-state index >= 15 is 0 Å². The molecule has 1 atom stereocenters. The highest BCUT2D eigenvalue weighted by Gasteiger charge is 2.32. The average molecular weight is 262 g/mol. The number of hydrogen-bond donors (Lipinski definition) is 1. The van der Waals surface area contributed by atoms with Gasteiger partial charge in [0.25, 0.3) is 0 Å². The molecule has 0 saturated carbocycles. The molecule has 1 heterocycles. The highest BCUT2D eigenvalue weighted by Crippen LogP contribution is 2.20. The second kappa shape index (κ2) is 6.16. The first-order chi connectivity index (χ1) is 7.93. The van der Waals surface area contributed by atoms with Gasteiger partial charge in [0, 0.05) is 37.5 Å². The van der Waals surface area contributed by atoms with Crippen LogP contribution in [0.25, 0.3) is 0 Å². The van der Waals surface area contributed by atoms with E-state index in [0.717, 1.165) is 32.5 Å². The minimum atomic E-state index is -2.85. The molecule has 1 unspecified atom stereocenters. The summed E-state index contributed by atoms with van der Waals surface area (Å²) >= 11 is 0. The molecule has 1 aliphatic heterocycles. The molecule has 0 spiro atoms. The number of rotatable bonds is 6. The Morgan fingerprint density at radius 3 is 2.59 bits per heavy atom. The maximum absolute atomic E-state index is 11.7. The Balaban J connectivity index is 2.55. The lowest BCUT2D eigenvalue weighted by molar-refractivity contribution is 0.0782. The normalized spacial score (nSPS) is 27.2. The van der Waals surface area contributed by atoms with Crippen LogP contribution >= 0.6 is 0 Å². The van der Waals surface area contributed by atoms with Crippen LogP contribution in [0, 0.1) is 0 Å². The summed E-state index contributed by atoms with van der Waals surface area (Å²) in [7, 11) is -2.85. The number of piperazine rings is 1. The van der Waals surface area contributed by atoms with E-state index in [1.54, 1.807) is 0 Å². The second-order valence-corrected chi connectivity index (χ2v) is 7.47. The van der Waals surface area contributed by atoms with Crippen LogP contribution in [0.2, 0.25) is 0 Å². The molecule has 4 nitrogen and oxygen atoms in total. The van der Waals surface area contributed by atoms with E-state index < -0.39 is 9.84 Å². The summed E-state index contributed by atoms with van der Waals surface area (Å²) in [4.78, 5) is 2.33. The van der Waals surface area contributed by atoms with E-state index in [1.165, 1.54) is 0 Å². The van der Waals surface area contributed by atoms with Crippen molar-refractivity contribution in [2.75, 3.05) is 37.7 Å². The largest absolute Gasteiger partial charge is 0.314 e. The molecular weight excluding hydrogens is 236 g/mol. The lowest BCUT2D eigenvalue weighted by Gasteiger charge is -2.44. The maximum atomic E-state index is 11.7. The summed E-state index contributed by atoms with van der Waals surface area (Å²) in [5.41, 5.74) is 0.111. The zero-order valence-corrected chi connectivity index (χ0v) is 12.1. The van der Waals surface area contributed by atoms with E-state index in [1.807, 2.05) is 6.92 Å². The Labute approximate surface area is 106 Å².